The van der Waals surface area contributed by atoms with Gasteiger partial charge in [0.1, 0.15) is 5.82 Å². The van der Waals surface area contributed by atoms with Crippen LogP contribution in [0.15, 0.2) is 48.5 Å². The molecule has 0 N–H and O–H groups in total. The molecule has 1 aliphatic rings. The molecule has 1 fully saturated rings. The predicted molar refractivity (Wildman–Crippen MR) is 103 cm³/mol. The van der Waals surface area contributed by atoms with Crippen molar-refractivity contribution in [1.82, 2.24) is 9.80 Å². The molecule has 1 heterocycles. The first-order valence-electron chi connectivity index (χ1n) is 9.39. The van der Waals surface area contributed by atoms with Gasteiger partial charge in [-0.3, -0.25) is 9.59 Å². The molecule has 5 heteroatoms. The molecule has 1 saturated heterocycles. The number of hydrogen-bond donors (Lipinski definition) is 0. The number of likely N-dealkylation sites (tertiary alicyclic amines) is 1. The second-order valence-electron chi connectivity index (χ2n) is 7.01. The molecule has 0 bridgehead atoms. The van der Waals surface area contributed by atoms with Gasteiger partial charge in [0.15, 0.2) is 0 Å². The van der Waals surface area contributed by atoms with E-state index in [9.17, 15) is 14.0 Å². The Balaban J connectivity index is 1.76. The summed E-state index contributed by atoms with van der Waals surface area (Å²) in [6.45, 7) is 3.32. The van der Waals surface area contributed by atoms with Crippen molar-refractivity contribution in [1.29, 1.82) is 0 Å². The van der Waals surface area contributed by atoms with Crippen LogP contribution in [0.5, 0.6) is 0 Å². The third-order valence-electron chi connectivity index (χ3n) is 5.15. The van der Waals surface area contributed by atoms with Crippen molar-refractivity contribution in [3.05, 3.63) is 71.0 Å². The Morgan fingerprint density at radius 2 is 1.96 bits per heavy atom. The Morgan fingerprint density at radius 3 is 2.59 bits per heavy atom. The van der Waals surface area contributed by atoms with E-state index in [-0.39, 0.29) is 23.7 Å². The number of nitrogens with zero attached hydrogens (tertiary/aromatic N) is 2. The Labute approximate surface area is 159 Å². The zero-order valence-corrected chi connectivity index (χ0v) is 15.8. The average Bonchev–Trinajstić information content (AvgIpc) is 3.08. The van der Waals surface area contributed by atoms with E-state index in [0.29, 0.717) is 18.5 Å². The average molecular weight is 368 g/mol. The highest BCUT2D eigenvalue weighted by Gasteiger charge is 2.23. The molecule has 0 saturated carbocycles. The van der Waals surface area contributed by atoms with Crippen LogP contribution in [-0.2, 0) is 11.3 Å². The maximum absolute atomic E-state index is 13.2. The summed E-state index contributed by atoms with van der Waals surface area (Å²) in [6.07, 6.45) is 2.24. The van der Waals surface area contributed by atoms with Gasteiger partial charge in [-0.25, -0.2) is 4.39 Å². The zero-order chi connectivity index (χ0) is 19.4. The van der Waals surface area contributed by atoms with E-state index in [1.807, 2.05) is 30.0 Å². The molecule has 4 nitrogen and oxygen atoms in total. The van der Waals surface area contributed by atoms with Gasteiger partial charge in [0.25, 0.3) is 5.91 Å². The minimum Gasteiger partial charge on any atom is -0.338 e. The fourth-order valence-corrected chi connectivity index (χ4v) is 3.66. The van der Waals surface area contributed by atoms with Crippen molar-refractivity contribution in [3.8, 4) is 0 Å². The molecule has 142 valence electrons. The van der Waals surface area contributed by atoms with E-state index in [0.717, 1.165) is 30.5 Å². The van der Waals surface area contributed by atoms with E-state index in [1.54, 1.807) is 30.1 Å². The third kappa shape index (κ3) is 4.35. The summed E-state index contributed by atoms with van der Waals surface area (Å²) in [6, 6.07) is 13.6. The molecule has 1 atom stereocenters. The summed E-state index contributed by atoms with van der Waals surface area (Å²) < 4.78 is 13.2. The fraction of sp³-hybridized carbons (Fsp3) is 0.364. The van der Waals surface area contributed by atoms with Gasteiger partial charge in [0.05, 0.1) is 6.04 Å². The second-order valence-corrected chi connectivity index (χ2v) is 7.01. The van der Waals surface area contributed by atoms with Crippen molar-refractivity contribution in [2.45, 2.75) is 38.8 Å². The van der Waals surface area contributed by atoms with Crippen LogP contribution < -0.4 is 0 Å². The number of rotatable bonds is 6. The van der Waals surface area contributed by atoms with Gasteiger partial charge >= 0.3 is 0 Å². The van der Waals surface area contributed by atoms with Crippen molar-refractivity contribution >= 4 is 11.8 Å². The Morgan fingerprint density at radius 1 is 1.22 bits per heavy atom. The highest BCUT2D eigenvalue weighted by molar-refractivity contribution is 5.94. The number of carbonyl (C=O) groups excluding carboxylic acids is 2. The highest BCUT2D eigenvalue weighted by Crippen LogP contribution is 2.25. The molecule has 2 aromatic carbocycles. The van der Waals surface area contributed by atoms with Crippen LogP contribution in [0.25, 0.3) is 0 Å². The molecule has 0 unspecified atom stereocenters. The van der Waals surface area contributed by atoms with Crippen LogP contribution in [0.1, 0.15) is 53.7 Å². The van der Waals surface area contributed by atoms with Crippen LogP contribution in [-0.4, -0.2) is 35.2 Å². The van der Waals surface area contributed by atoms with Crippen LogP contribution in [0.2, 0.25) is 0 Å². The molecule has 0 spiro atoms. The van der Waals surface area contributed by atoms with Gasteiger partial charge in [0, 0.05) is 32.1 Å². The van der Waals surface area contributed by atoms with E-state index in [1.165, 1.54) is 12.1 Å². The first-order chi connectivity index (χ1) is 13.0. The maximum atomic E-state index is 13.2. The number of amides is 2. The van der Waals surface area contributed by atoms with E-state index in [4.69, 9.17) is 0 Å². The molecule has 0 aliphatic carbocycles. The van der Waals surface area contributed by atoms with Crippen LogP contribution >= 0.6 is 0 Å². The minimum atomic E-state index is -0.285. The van der Waals surface area contributed by atoms with Crippen LogP contribution in [0.4, 0.5) is 4.39 Å². The number of halogens is 1. The zero-order valence-electron chi connectivity index (χ0n) is 15.8. The second kappa shape index (κ2) is 8.33. The molecular weight excluding hydrogens is 343 g/mol. The number of carbonyl (C=O) groups is 2. The summed E-state index contributed by atoms with van der Waals surface area (Å²) in [4.78, 5) is 28.4. The standard InChI is InChI=1S/C22H25FN2O2/c1-3-20(17-9-11-19(23)12-10-17)24(2)22(27)18-7-4-6-16(14-18)15-25-13-5-8-21(25)26/h4,6-7,9-12,14,20H,3,5,8,13,15H2,1-2H3/t20-/m1/s1. The maximum Gasteiger partial charge on any atom is 0.254 e. The summed E-state index contributed by atoms with van der Waals surface area (Å²) in [5, 5.41) is 0. The van der Waals surface area contributed by atoms with Gasteiger partial charge in [-0.15, -0.1) is 0 Å². The molecule has 2 aromatic rings. The Kier molecular flexibility index (Phi) is 5.89. The first kappa shape index (κ1) is 19.1. The summed E-state index contributed by atoms with van der Waals surface area (Å²) in [5.74, 6) is -0.196. The van der Waals surface area contributed by atoms with Crippen molar-refractivity contribution < 1.29 is 14.0 Å². The SMILES string of the molecule is CC[C@H](c1ccc(F)cc1)N(C)C(=O)c1cccc(CN2CCCC2=O)c1. The smallest absolute Gasteiger partial charge is 0.254 e. The van der Waals surface area contributed by atoms with E-state index in [2.05, 4.69) is 0 Å². The lowest BCUT2D eigenvalue weighted by atomic mass is 10.0. The lowest BCUT2D eigenvalue weighted by Gasteiger charge is -2.28. The number of benzene rings is 2. The lowest BCUT2D eigenvalue weighted by molar-refractivity contribution is -0.128. The summed E-state index contributed by atoms with van der Waals surface area (Å²) in [7, 11) is 1.77. The highest BCUT2D eigenvalue weighted by atomic mass is 19.1. The molecular formula is C22H25FN2O2. The molecule has 27 heavy (non-hydrogen) atoms. The van der Waals surface area contributed by atoms with E-state index < -0.39 is 0 Å². The van der Waals surface area contributed by atoms with Gasteiger partial charge in [-0.05, 0) is 48.2 Å². The van der Waals surface area contributed by atoms with Crippen LogP contribution in [0, 0.1) is 5.82 Å². The molecule has 2 amide bonds. The Hall–Kier alpha value is -2.69. The van der Waals surface area contributed by atoms with Crippen LogP contribution in [0.3, 0.4) is 0 Å². The first-order valence-corrected chi connectivity index (χ1v) is 9.39. The van der Waals surface area contributed by atoms with Gasteiger partial charge < -0.3 is 9.80 Å². The topological polar surface area (TPSA) is 40.6 Å². The third-order valence-corrected chi connectivity index (χ3v) is 5.15. The number of hydrogen-bond acceptors (Lipinski definition) is 2. The quantitative estimate of drug-likeness (QED) is 0.768. The van der Waals surface area contributed by atoms with Gasteiger partial charge in [-0.1, -0.05) is 31.2 Å². The summed E-state index contributed by atoms with van der Waals surface area (Å²) in [5.41, 5.74) is 2.47. The molecule has 0 aromatic heterocycles. The molecule has 3 rings (SSSR count). The van der Waals surface area contributed by atoms with E-state index >= 15 is 0 Å². The Bertz CT molecular complexity index is 819. The fourth-order valence-electron chi connectivity index (χ4n) is 3.66. The molecule has 0 radical (unpaired) electrons. The largest absolute Gasteiger partial charge is 0.338 e. The lowest BCUT2D eigenvalue weighted by Crippen LogP contribution is -2.31. The predicted octanol–water partition coefficient (Wildman–Crippen LogP) is 4.17. The monoisotopic (exact) mass is 368 g/mol. The molecule has 1 aliphatic heterocycles. The van der Waals surface area contributed by atoms with Crippen molar-refractivity contribution in [2.75, 3.05) is 13.6 Å². The summed E-state index contributed by atoms with van der Waals surface area (Å²) >= 11 is 0. The van der Waals surface area contributed by atoms with Gasteiger partial charge in [-0.2, -0.15) is 0 Å². The normalized spacial score (nSPS) is 15.1. The minimum absolute atomic E-state index is 0.0826. The van der Waals surface area contributed by atoms with Crippen molar-refractivity contribution in [3.63, 3.8) is 0 Å². The van der Waals surface area contributed by atoms with Crippen molar-refractivity contribution in [2.24, 2.45) is 0 Å². The van der Waals surface area contributed by atoms with Gasteiger partial charge in [0.2, 0.25) is 5.91 Å².